The predicted molar refractivity (Wildman–Crippen MR) is 131 cm³/mol. The van der Waals surface area contributed by atoms with Crippen molar-refractivity contribution in [1.82, 2.24) is 10.2 Å². The topological polar surface area (TPSA) is 97.0 Å². The van der Waals surface area contributed by atoms with Crippen LogP contribution in [0.15, 0.2) is 78.9 Å². The minimum atomic E-state index is -1.17. The van der Waals surface area contributed by atoms with Crippen molar-refractivity contribution in [3.8, 4) is 17.2 Å². The standard InChI is InChI=1S/C27H27N3O5/c1-3-27(19-8-6-5-7-9-19)25(32)30(26(33)29-27)18-24(31)28-20-10-12-22(13-11-20)35-23-16-14-21(15-17-23)34-4-2/h5-17H,3-4,18H2,1-2H3,(H,28,31)(H,29,33). The zero-order chi connectivity index (χ0) is 24.8. The summed E-state index contributed by atoms with van der Waals surface area (Å²) in [5.74, 6) is 1.10. The average Bonchev–Trinajstić information content (AvgIpc) is 3.12. The first-order chi connectivity index (χ1) is 16.9. The lowest BCUT2D eigenvalue weighted by atomic mass is 9.87. The van der Waals surface area contributed by atoms with Crippen molar-refractivity contribution in [2.75, 3.05) is 18.5 Å². The Morgan fingerprint density at radius 2 is 1.49 bits per heavy atom. The molecule has 3 aromatic carbocycles. The van der Waals surface area contributed by atoms with Gasteiger partial charge in [-0.2, -0.15) is 0 Å². The molecule has 0 spiro atoms. The SMILES string of the molecule is CCOc1ccc(Oc2ccc(NC(=O)CN3C(=O)NC(CC)(c4ccccc4)C3=O)cc2)cc1. The third-order valence-corrected chi connectivity index (χ3v) is 5.78. The van der Waals surface area contributed by atoms with Gasteiger partial charge in [0.2, 0.25) is 5.91 Å². The second kappa shape index (κ2) is 10.3. The molecular weight excluding hydrogens is 446 g/mol. The molecule has 1 saturated heterocycles. The van der Waals surface area contributed by atoms with Crippen molar-refractivity contribution in [2.45, 2.75) is 25.8 Å². The lowest BCUT2D eigenvalue weighted by molar-refractivity contribution is -0.134. The van der Waals surface area contributed by atoms with Crippen LogP contribution in [0.4, 0.5) is 10.5 Å². The maximum absolute atomic E-state index is 13.2. The van der Waals surface area contributed by atoms with Gasteiger partial charge >= 0.3 is 6.03 Å². The summed E-state index contributed by atoms with van der Waals surface area (Å²) < 4.78 is 11.2. The van der Waals surface area contributed by atoms with E-state index in [0.29, 0.717) is 35.8 Å². The molecule has 1 unspecified atom stereocenters. The van der Waals surface area contributed by atoms with E-state index in [1.165, 1.54) is 0 Å². The van der Waals surface area contributed by atoms with Crippen LogP contribution in [0, 0.1) is 0 Å². The molecule has 1 aliphatic heterocycles. The highest BCUT2D eigenvalue weighted by molar-refractivity contribution is 6.10. The predicted octanol–water partition coefficient (Wildman–Crippen LogP) is 4.67. The molecule has 0 radical (unpaired) electrons. The third-order valence-electron chi connectivity index (χ3n) is 5.78. The van der Waals surface area contributed by atoms with Crippen molar-refractivity contribution in [1.29, 1.82) is 0 Å². The summed E-state index contributed by atoms with van der Waals surface area (Å²) in [5.41, 5.74) is 0.0381. The van der Waals surface area contributed by atoms with E-state index >= 15 is 0 Å². The number of nitrogens with zero attached hydrogens (tertiary/aromatic N) is 1. The molecule has 0 saturated carbocycles. The summed E-state index contributed by atoms with van der Waals surface area (Å²) in [6, 6.07) is 22.6. The fourth-order valence-electron chi connectivity index (χ4n) is 3.99. The van der Waals surface area contributed by atoms with Crippen LogP contribution in [-0.2, 0) is 15.1 Å². The molecule has 4 amide bonds. The molecule has 1 heterocycles. The molecule has 0 bridgehead atoms. The summed E-state index contributed by atoms with van der Waals surface area (Å²) >= 11 is 0. The highest BCUT2D eigenvalue weighted by Gasteiger charge is 2.51. The number of anilines is 1. The first kappa shape index (κ1) is 23.8. The molecule has 0 aliphatic carbocycles. The van der Waals surface area contributed by atoms with Crippen molar-refractivity contribution in [3.63, 3.8) is 0 Å². The Hall–Kier alpha value is -4.33. The fraction of sp³-hybridized carbons (Fsp3) is 0.222. The van der Waals surface area contributed by atoms with Gasteiger partial charge in [0.25, 0.3) is 5.91 Å². The minimum absolute atomic E-state index is 0.371. The Kier molecular flexibility index (Phi) is 7.01. The number of ether oxygens (including phenoxy) is 2. The molecule has 35 heavy (non-hydrogen) atoms. The van der Waals surface area contributed by atoms with Crippen LogP contribution in [0.2, 0.25) is 0 Å². The van der Waals surface area contributed by atoms with Gasteiger partial charge in [-0.1, -0.05) is 37.3 Å². The first-order valence-corrected chi connectivity index (χ1v) is 11.5. The lowest BCUT2D eigenvalue weighted by Crippen LogP contribution is -2.44. The molecule has 8 nitrogen and oxygen atoms in total. The van der Waals surface area contributed by atoms with E-state index in [2.05, 4.69) is 10.6 Å². The van der Waals surface area contributed by atoms with E-state index in [1.54, 1.807) is 36.4 Å². The van der Waals surface area contributed by atoms with Crippen LogP contribution in [0.25, 0.3) is 0 Å². The number of hydrogen-bond donors (Lipinski definition) is 2. The monoisotopic (exact) mass is 473 g/mol. The van der Waals surface area contributed by atoms with Crippen LogP contribution >= 0.6 is 0 Å². The fourth-order valence-corrected chi connectivity index (χ4v) is 3.99. The molecule has 0 aromatic heterocycles. The van der Waals surface area contributed by atoms with Gasteiger partial charge in [0.15, 0.2) is 0 Å². The zero-order valence-corrected chi connectivity index (χ0v) is 19.6. The number of benzene rings is 3. The third kappa shape index (κ3) is 5.11. The van der Waals surface area contributed by atoms with Crippen LogP contribution in [-0.4, -0.2) is 35.9 Å². The molecule has 3 aromatic rings. The van der Waals surface area contributed by atoms with Gasteiger partial charge < -0.3 is 20.1 Å². The molecule has 1 aliphatic rings. The van der Waals surface area contributed by atoms with Crippen molar-refractivity contribution in [2.24, 2.45) is 0 Å². The molecule has 2 N–H and O–H groups in total. The van der Waals surface area contributed by atoms with Crippen LogP contribution in [0.5, 0.6) is 17.2 Å². The number of nitrogens with one attached hydrogen (secondary N) is 2. The molecule has 1 fully saturated rings. The number of carbonyl (C=O) groups excluding carboxylic acids is 3. The molecule has 8 heteroatoms. The lowest BCUT2D eigenvalue weighted by Gasteiger charge is -2.25. The second-order valence-electron chi connectivity index (χ2n) is 8.03. The first-order valence-electron chi connectivity index (χ1n) is 11.5. The highest BCUT2D eigenvalue weighted by Crippen LogP contribution is 2.32. The van der Waals surface area contributed by atoms with Gasteiger partial charge in [-0.3, -0.25) is 14.5 Å². The van der Waals surface area contributed by atoms with Gasteiger partial charge in [-0.25, -0.2) is 4.79 Å². The summed E-state index contributed by atoms with van der Waals surface area (Å²) in [5, 5.41) is 5.50. The Labute approximate surface area is 203 Å². The molecule has 4 rings (SSSR count). The average molecular weight is 474 g/mol. The number of hydrogen-bond acceptors (Lipinski definition) is 5. The number of amides is 4. The van der Waals surface area contributed by atoms with Gasteiger partial charge in [0, 0.05) is 5.69 Å². The minimum Gasteiger partial charge on any atom is -0.494 e. The summed E-state index contributed by atoms with van der Waals surface area (Å²) in [6.45, 7) is 3.96. The van der Waals surface area contributed by atoms with E-state index in [4.69, 9.17) is 9.47 Å². The Bertz CT molecular complexity index is 1200. The summed E-state index contributed by atoms with van der Waals surface area (Å²) in [4.78, 5) is 39.3. The Morgan fingerprint density at radius 1 is 0.886 bits per heavy atom. The van der Waals surface area contributed by atoms with Crippen LogP contribution in [0.1, 0.15) is 25.8 Å². The van der Waals surface area contributed by atoms with Crippen LogP contribution < -0.4 is 20.1 Å². The normalized spacial score (nSPS) is 17.1. The Morgan fingerprint density at radius 3 is 2.09 bits per heavy atom. The van der Waals surface area contributed by atoms with Crippen molar-refractivity contribution >= 4 is 23.5 Å². The van der Waals surface area contributed by atoms with E-state index < -0.39 is 23.4 Å². The molecule has 180 valence electrons. The largest absolute Gasteiger partial charge is 0.494 e. The molecule has 1 atom stereocenters. The smallest absolute Gasteiger partial charge is 0.325 e. The van der Waals surface area contributed by atoms with E-state index in [9.17, 15) is 14.4 Å². The molecular formula is C27H27N3O5. The summed E-state index contributed by atoms with van der Waals surface area (Å²) in [6.07, 6.45) is 0.371. The van der Waals surface area contributed by atoms with Crippen molar-refractivity contribution < 1.29 is 23.9 Å². The van der Waals surface area contributed by atoms with E-state index in [-0.39, 0.29) is 6.54 Å². The van der Waals surface area contributed by atoms with Crippen molar-refractivity contribution in [3.05, 3.63) is 84.4 Å². The number of imide groups is 1. The van der Waals surface area contributed by atoms with Gasteiger partial charge in [0.05, 0.1) is 6.61 Å². The number of carbonyl (C=O) groups is 3. The van der Waals surface area contributed by atoms with Gasteiger partial charge in [-0.05, 0) is 67.4 Å². The summed E-state index contributed by atoms with van der Waals surface area (Å²) in [7, 11) is 0. The maximum Gasteiger partial charge on any atom is 0.325 e. The van der Waals surface area contributed by atoms with E-state index in [1.807, 2.05) is 56.3 Å². The second-order valence-corrected chi connectivity index (χ2v) is 8.03. The number of rotatable bonds is 9. The van der Waals surface area contributed by atoms with Gasteiger partial charge in [-0.15, -0.1) is 0 Å². The highest BCUT2D eigenvalue weighted by atomic mass is 16.5. The maximum atomic E-state index is 13.2. The zero-order valence-electron chi connectivity index (χ0n) is 19.6. The van der Waals surface area contributed by atoms with E-state index in [0.717, 1.165) is 10.6 Å². The quantitative estimate of drug-likeness (QED) is 0.440. The van der Waals surface area contributed by atoms with Gasteiger partial charge in [0.1, 0.15) is 29.3 Å². The number of urea groups is 1. The van der Waals surface area contributed by atoms with Crippen LogP contribution in [0.3, 0.4) is 0 Å². The Balaban J connectivity index is 1.37.